The summed E-state index contributed by atoms with van der Waals surface area (Å²) in [5.74, 6) is 1.40. The normalized spacial score (nSPS) is 36.7. The zero-order valence-corrected chi connectivity index (χ0v) is 8.34. The molecular formula is C11H21NO. The second-order valence-electron chi connectivity index (χ2n) is 4.61. The van der Waals surface area contributed by atoms with Crippen LogP contribution in [0.15, 0.2) is 0 Å². The summed E-state index contributed by atoms with van der Waals surface area (Å²) in [7, 11) is 0. The second-order valence-corrected chi connectivity index (χ2v) is 4.61. The Kier molecular flexibility index (Phi) is 3.23. The summed E-state index contributed by atoms with van der Waals surface area (Å²) in [5.41, 5.74) is 0. The van der Waals surface area contributed by atoms with Crippen LogP contribution in [0.5, 0.6) is 0 Å². The molecule has 1 heterocycles. The van der Waals surface area contributed by atoms with Gasteiger partial charge in [0.25, 0.3) is 0 Å². The lowest BCUT2D eigenvalue weighted by molar-refractivity contribution is 0.128. The maximum Gasteiger partial charge on any atom is 0.0474 e. The Morgan fingerprint density at radius 2 is 1.85 bits per heavy atom. The van der Waals surface area contributed by atoms with E-state index in [0.29, 0.717) is 18.6 Å². The molecule has 1 saturated carbocycles. The molecule has 13 heavy (non-hydrogen) atoms. The van der Waals surface area contributed by atoms with Crippen LogP contribution in [0.2, 0.25) is 0 Å². The van der Waals surface area contributed by atoms with Gasteiger partial charge < -0.3 is 10.4 Å². The number of aliphatic hydroxyl groups excluding tert-OH is 1. The average molecular weight is 183 g/mol. The van der Waals surface area contributed by atoms with Crippen LogP contribution in [0, 0.1) is 11.8 Å². The smallest absolute Gasteiger partial charge is 0.0474 e. The Morgan fingerprint density at radius 3 is 2.54 bits per heavy atom. The molecule has 2 aliphatic rings. The third-order valence-electron chi connectivity index (χ3n) is 3.78. The molecule has 1 saturated heterocycles. The molecule has 76 valence electrons. The Hall–Kier alpha value is -0.0800. The third kappa shape index (κ3) is 2.05. The maximum atomic E-state index is 9.28. The molecule has 1 aliphatic carbocycles. The van der Waals surface area contributed by atoms with Gasteiger partial charge in [-0.25, -0.2) is 0 Å². The van der Waals surface area contributed by atoms with Gasteiger partial charge in [-0.1, -0.05) is 12.8 Å². The van der Waals surface area contributed by atoms with Crippen molar-refractivity contribution in [3.8, 4) is 0 Å². The fourth-order valence-corrected chi connectivity index (χ4v) is 3.05. The third-order valence-corrected chi connectivity index (χ3v) is 3.78. The SMILES string of the molecule is OCC1CCCNC1C1CCCC1. The number of piperidine rings is 1. The first kappa shape index (κ1) is 9.47. The first-order chi connectivity index (χ1) is 6.42. The summed E-state index contributed by atoms with van der Waals surface area (Å²) >= 11 is 0. The summed E-state index contributed by atoms with van der Waals surface area (Å²) in [6.07, 6.45) is 8.05. The summed E-state index contributed by atoms with van der Waals surface area (Å²) in [6, 6.07) is 0.626. The molecule has 0 amide bonds. The predicted molar refractivity (Wildman–Crippen MR) is 53.6 cm³/mol. The summed E-state index contributed by atoms with van der Waals surface area (Å²) in [4.78, 5) is 0. The Bertz CT molecular complexity index is 152. The fourth-order valence-electron chi connectivity index (χ4n) is 3.05. The highest BCUT2D eigenvalue weighted by molar-refractivity contribution is 4.88. The van der Waals surface area contributed by atoms with Gasteiger partial charge in [0.1, 0.15) is 0 Å². The molecule has 0 radical (unpaired) electrons. The van der Waals surface area contributed by atoms with Crippen molar-refractivity contribution in [2.45, 2.75) is 44.6 Å². The lowest BCUT2D eigenvalue weighted by atomic mass is 9.82. The van der Waals surface area contributed by atoms with Crippen molar-refractivity contribution in [2.75, 3.05) is 13.2 Å². The number of nitrogens with one attached hydrogen (secondary N) is 1. The van der Waals surface area contributed by atoms with Crippen molar-refractivity contribution in [3.05, 3.63) is 0 Å². The molecule has 0 aromatic heterocycles. The topological polar surface area (TPSA) is 32.3 Å². The molecule has 1 aliphatic heterocycles. The molecule has 0 spiro atoms. The van der Waals surface area contributed by atoms with E-state index in [-0.39, 0.29) is 0 Å². The van der Waals surface area contributed by atoms with Crippen molar-refractivity contribution >= 4 is 0 Å². The van der Waals surface area contributed by atoms with Gasteiger partial charge in [0, 0.05) is 12.6 Å². The van der Waals surface area contributed by atoms with Gasteiger partial charge >= 0.3 is 0 Å². The number of hydrogen-bond acceptors (Lipinski definition) is 2. The molecule has 2 atom stereocenters. The van der Waals surface area contributed by atoms with E-state index in [4.69, 9.17) is 0 Å². The van der Waals surface area contributed by atoms with Crippen LogP contribution in [-0.2, 0) is 0 Å². The largest absolute Gasteiger partial charge is 0.396 e. The fraction of sp³-hybridized carbons (Fsp3) is 1.00. The summed E-state index contributed by atoms with van der Waals surface area (Å²) in [6.45, 7) is 1.55. The molecule has 2 unspecified atom stereocenters. The Morgan fingerprint density at radius 1 is 1.08 bits per heavy atom. The Labute approximate surface area is 80.7 Å². The van der Waals surface area contributed by atoms with Crippen molar-refractivity contribution in [1.29, 1.82) is 0 Å². The van der Waals surface area contributed by atoms with Crippen LogP contribution in [0.4, 0.5) is 0 Å². The van der Waals surface area contributed by atoms with Crippen molar-refractivity contribution in [1.82, 2.24) is 5.32 Å². The van der Waals surface area contributed by atoms with Gasteiger partial charge in [-0.2, -0.15) is 0 Å². The summed E-state index contributed by atoms with van der Waals surface area (Å²) < 4.78 is 0. The summed E-state index contributed by atoms with van der Waals surface area (Å²) in [5, 5.41) is 12.9. The van der Waals surface area contributed by atoms with Crippen LogP contribution in [0.1, 0.15) is 38.5 Å². The van der Waals surface area contributed by atoms with Crippen LogP contribution in [0.3, 0.4) is 0 Å². The number of rotatable bonds is 2. The molecule has 2 rings (SSSR count). The van der Waals surface area contributed by atoms with E-state index >= 15 is 0 Å². The monoisotopic (exact) mass is 183 g/mol. The molecule has 2 heteroatoms. The van der Waals surface area contributed by atoms with E-state index < -0.39 is 0 Å². The van der Waals surface area contributed by atoms with Crippen molar-refractivity contribution in [3.63, 3.8) is 0 Å². The predicted octanol–water partition coefficient (Wildman–Crippen LogP) is 1.54. The number of aliphatic hydroxyl groups is 1. The van der Waals surface area contributed by atoms with E-state index in [1.807, 2.05) is 0 Å². The van der Waals surface area contributed by atoms with E-state index in [9.17, 15) is 5.11 Å². The lowest BCUT2D eigenvalue weighted by Gasteiger charge is -2.35. The van der Waals surface area contributed by atoms with E-state index in [0.717, 1.165) is 12.5 Å². The highest BCUT2D eigenvalue weighted by Gasteiger charge is 2.32. The van der Waals surface area contributed by atoms with Gasteiger partial charge in [-0.3, -0.25) is 0 Å². The van der Waals surface area contributed by atoms with Crippen molar-refractivity contribution in [2.24, 2.45) is 11.8 Å². The van der Waals surface area contributed by atoms with Crippen molar-refractivity contribution < 1.29 is 5.11 Å². The average Bonchev–Trinajstić information content (AvgIpc) is 2.70. The molecule has 0 aromatic carbocycles. The Balaban J connectivity index is 1.93. The van der Waals surface area contributed by atoms with E-state index in [1.54, 1.807) is 0 Å². The van der Waals surface area contributed by atoms with Gasteiger partial charge in [0.2, 0.25) is 0 Å². The molecule has 0 aromatic rings. The number of hydrogen-bond donors (Lipinski definition) is 2. The first-order valence-corrected chi connectivity index (χ1v) is 5.76. The highest BCUT2D eigenvalue weighted by Crippen LogP contribution is 2.33. The molecule has 0 bridgehead atoms. The molecule has 2 fully saturated rings. The minimum absolute atomic E-state index is 0.383. The zero-order valence-electron chi connectivity index (χ0n) is 8.34. The van der Waals surface area contributed by atoms with Crippen LogP contribution >= 0.6 is 0 Å². The minimum Gasteiger partial charge on any atom is -0.396 e. The first-order valence-electron chi connectivity index (χ1n) is 5.76. The lowest BCUT2D eigenvalue weighted by Crippen LogP contribution is -2.46. The standard InChI is InChI=1S/C11H21NO/c13-8-10-6-3-7-12-11(10)9-4-1-2-5-9/h9-13H,1-8H2. The highest BCUT2D eigenvalue weighted by atomic mass is 16.3. The quantitative estimate of drug-likeness (QED) is 0.680. The van der Waals surface area contributed by atoms with Gasteiger partial charge in [0.05, 0.1) is 0 Å². The second kappa shape index (κ2) is 4.43. The maximum absolute atomic E-state index is 9.28. The minimum atomic E-state index is 0.383. The van der Waals surface area contributed by atoms with E-state index in [2.05, 4.69) is 5.32 Å². The zero-order chi connectivity index (χ0) is 9.10. The van der Waals surface area contributed by atoms with Gasteiger partial charge in [0.15, 0.2) is 0 Å². The van der Waals surface area contributed by atoms with Gasteiger partial charge in [-0.05, 0) is 44.1 Å². The van der Waals surface area contributed by atoms with Crippen LogP contribution in [-0.4, -0.2) is 24.3 Å². The molecule has 2 nitrogen and oxygen atoms in total. The van der Waals surface area contributed by atoms with Gasteiger partial charge in [-0.15, -0.1) is 0 Å². The van der Waals surface area contributed by atoms with E-state index in [1.165, 1.54) is 38.5 Å². The van der Waals surface area contributed by atoms with Crippen LogP contribution < -0.4 is 5.32 Å². The molecular weight excluding hydrogens is 162 g/mol. The van der Waals surface area contributed by atoms with Crippen LogP contribution in [0.25, 0.3) is 0 Å². The molecule has 2 N–H and O–H groups in total.